The first-order valence-corrected chi connectivity index (χ1v) is 11.3. The molecule has 0 spiro atoms. The van der Waals surface area contributed by atoms with Gasteiger partial charge in [0.1, 0.15) is 0 Å². The second-order valence-electron chi connectivity index (χ2n) is 5.44. The van der Waals surface area contributed by atoms with Crippen LogP contribution in [0, 0.1) is 0 Å². The number of benzene rings is 1. The fourth-order valence-electron chi connectivity index (χ4n) is 2.35. The predicted octanol–water partition coefficient (Wildman–Crippen LogP) is 2.40. The normalized spacial score (nSPS) is 11.5. The van der Waals surface area contributed by atoms with E-state index in [0.29, 0.717) is 17.4 Å². The minimum Gasteiger partial charge on any atom is -0.325 e. The van der Waals surface area contributed by atoms with Gasteiger partial charge in [0.25, 0.3) is 0 Å². The summed E-state index contributed by atoms with van der Waals surface area (Å²) in [6.45, 7) is 2.67. The van der Waals surface area contributed by atoms with Crippen LogP contribution in [-0.4, -0.2) is 34.8 Å². The molecule has 2 heterocycles. The number of hydrogen-bond acceptors (Lipinski definition) is 7. The summed E-state index contributed by atoms with van der Waals surface area (Å²) in [5, 5.41) is 18.8. The SMILES string of the molecule is CCn1c(SCC(=O)Nc2cccc(S(N)(=O)=O)c2)nnc1-c1cccs1. The first-order chi connectivity index (χ1) is 12.9. The fraction of sp³-hybridized carbons (Fsp3) is 0.188. The van der Waals surface area contributed by atoms with Crippen molar-refractivity contribution >= 4 is 44.7 Å². The smallest absolute Gasteiger partial charge is 0.238 e. The lowest BCUT2D eigenvalue weighted by atomic mass is 10.3. The summed E-state index contributed by atoms with van der Waals surface area (Å²) < 4.78 is 24.7. The van der Waals surface area contributed by atoms with Gasteiger partial charge >= 0.3 is 0 Å². The van der Waals surface area contributed by atoms with Gasteiger partial charge in [-0.2, -0.15) is 0 Å². The highest BCUT2D eigenvalue weighted by Gasteiger charge is 2.15. The Hall–Kier alpha value is -2.21. The number of nitrogens with two attached hydrogens (primary N) is 1. The third kappa shape index (κ3) is 4.75. The Bertz CT molecular complexity index is 1050. The summed E-state index contributed by atoms with van der Waals surface area (Å²) in [6.07, 6.45) is 0. The van der Waals surface area contributed by atoms with E-state index in [2.05, 4.69) is 15.5 Å². The van der Waals surface area contributed by atoms with E-state index in [0.717, 1.165) is 10.7 Å². The van der Waals surface area contributed by atoms with Gasteiger partial charge in [0.15, 0.2) is 11.0 Å². The first kappa shape index (κ1) is 19.5. The van der Waals surface area contributed by atoms with Crippen LogP contribution in [0.2, 0.25) is 0 Å². The van der Waals surface area contributed by atoms with Crippen molar-refractivity contribution in [3.8, 4) is 10.7 Å². The van der Waals surface area contributed by atoms with Crippen LogP contribution in [0.15, 0.2) is 51.8 Å². The van der Waals surface area contributed by atoms with Crippen molar-refractivity contribution in [2.45, 2.75) is 23.5 Å². The lowest BCUT2D eigenvalue weighted by Crippen LogP contribution is -2.16. The molecule has 0 radical (unpaired) electrons. The molecule has 0 aliphatic heterocycles. The minimum absolute atomic E-state index is 0.0562. The molecule has 0 unspecified atom stereocenters. The van der Waals surface area contributed by atoms with E-state index < -0.39 is 10.0 Å². The zero-order valence-electron chi connectivity index (χ0n) is 14.3. The van der Waals surface area contributed by atoms with Crippen LogP contribution in [-0.2, 0) is 21.4 Å². The van der Waals surface area contributed by atoms with Crippen molar-refractivity contribution in [2.75, 3.05) is 11.1 Å². The highest BCUT2D eigenvalue weighted by molar-refractivity contribution is 7.99. The molecule has 3 N–H and O–H groups in total. The molecule has 11 heteroatoms. The standard InChI is InChI=1S/C16H17N5O3S3/c1-2-21-15(13-7-4-8-25-13)19-20-16(21)26-10-14(22)18-11-5-3-6-12(9-11)27(17,23)24/h3-9H,2,10H2,1H3,(H,18,22)(H2,17,23,24). The van der Waals surface area contributed by atoms with Crippen LogP contribution in [0.4, 0.5) is 5.69 Å². The van der Waals surface area contributed by atoms with E-state index in [4.69, 9.17) is 5.14 Å². The summed E-state index contributed by atoms with van der Waals surface area (Å²) in [6, 6.07) is 9.73. The average molecular weight is 424 g/mol. The molecule has 0 aliphatic rings. The second-order valence-corrected chi connectivity index (χ2v) is 8.89. The summed E-state index contributed by atoms with van der Waals surface area (Å²) >= 11 is 2.84. The molecule has 27 heavy (non-hydrogen) atoms. The zero-order chi connectivity index (χ0) is 19.4. The molecule has 0 fully saturated rings. The van der Waals surface area contributed by atoms with E-state index >= 15 is 0 Å². The van der Waals surface area contributed by atoms with E-state index in [1.807, 2.05) is 29.0 Å². The fourth-order valence-corrected chi connectivity index (χ4v) is 4.43. The van der Waals surface area contributed by atoms with Gasteiger partial charge in [-0.05, 0) is 36.6 Å². The van der Waals surface area contributed by atoms with Crippen LogP contribution < -0.4 is 10.5 Å². The quantitative estimate of drug-likeness (QED) is 0.563. The molecule has 8 nitrogen and oxygen atoms in total. The number of amides is 1. The molecule has 0 aliphatic carbocycles. The molecule has 0 saturated heterocycles. The van der Waals surface area contributed by atoms with Crippen LogP contribution in [0.25, 0.3) is 10.7 Å². The highest BCUT2D eigenvalue weighted by Crippen LogP contribution is 2.27. The molecule has 2 aromatic heterocycles. The number of primary sulfonamides is 1. The van der Waals surface area contributed by atoms with E-state index in [1.54, 1.807) is 17.4 Å². The van der Waals surface area contributed by atoms with Gasteiger partial charge in [0.2, 0.25) is 15.9 Å². The van der Waals surface area contributed by atoms with Crippen LogP contribution in [0.1, 0.15) is 6.92 Å². The molecule has 3 aromatic rings. The molecule has 0 atom stereocenters. The van der Waals surface area contributed by atoms with Crippen molar-refractivity contribution in [3.63, 3.8) is 0 Å². The van der Waals surface area contributed by atoms with Crippen LogP contribution >= 0.6 is 23.1 Å². The van der Waals surface area contributed by atoms with Crippen molar-refractivity contribution in [1.29, 1.82) is 0 Å². The molecule has 3 rings (SSSR count). The third-order valence-electron chi connectivity index (χ3n) is 3.55. The average Bonchev–Trinajstić information content (AvgIpc) is 3.28. The number of sulfonamides is 1. The Balaban J connectivity index is 1.67. The number of carbonyl (C=O) groups excluding carboxylic acids is 1. The van der Waals surface area contributed by atoms with Gasteiger partial charge in [0.05, 0.1) is 15.5 Å². The molecule has 0 bridgehead atoms. The van der Waals surface area contributed by atoms with Gasteiger partial charge in [0, 0.05) is 12.2 Å². The number of carbonyl (C=O) groups is 1. The Morgan fingerprint density at radius 1 is 1.30 bits per heavy atom. The largest absolute Gasteiger partial charge is 0.325 e. The topological polar surface area (TPSA) is 120 Å². The third-order valence-corrected chi connectivity index (χ3v) is 6.30. The number of rotatable bonds is 7. The summed E-state index contributed by atoms with van der Waals surface area (Å²) in [7, 11) is -3.82. The molecular weight excluding hydrogens is 406 g/mol. The second kappa shape index (κ2) is 8.21. The van der Waals surface area contributed by atoms with E-state index in [1.165, 1.54) is 30.0 Å². The number of hydrogen-bond donors (Lipinski definition) is 2. The lowest BCUT2D eigenvalue weighted by molar-refractivity contribution is -0.113. The van der Waals surface area contributed by atoms with Crippen molar-refractivity contribution in [2.24, 2.45) is 5.14 Å². The van der Waals surface area contributed by atoms with Gasteiger partial charge in [-0.25, -0.2) is 13.6 Å². The van der Waals surface area contributed by atoms with Gasteiger partial charge < -0.3 is 9.88 Å². The molecule has 142 valence electrons. The molecule has 1 amide bonds. The number of anilines is 1. The van der Waals surface area contributed by atoms with Crippen LogP contribution in [0.5, 0.6) is 0 Å². The van der Waals surface area contributed by atoms with E-state index in [-0.39, 0.29) is 16.6 Å². The number of thioether (sulfide) groups is 1. The van der Waals surface area contributed by atoms with Gasteiger partial charge in [-0.3, -0.25) is 4.79 Å². The lowest BCUT2D eigenvalue weighted by Gasteiger charge is -2.08. The minimum atomic E-state index is -3.82. The van der Waals surface area contributed by atoms with Crippen molar-refractivity contribution < 1.29 is 13.2 Å². The van der Waals surface area contributed by atoms with Crippen LogP contribution in [0.3, 0.4) is 0 Å². The first-order valence-electron chi connectivity index (χ1n) is 7.91. The van der Waals surface area contributed by atoms with Gasteiger partial charge in [-0.15, -0.1) is 21.5 Å². The Kier molecular flexibility index (Phi) is 5.95. The molecule has 0 saturated carbocycles. The molecule has 1 aromatic carbocycles. The molecular formula is C16H17N5O3S3. The predicted molar refractivity (Wildman–Crippen MR) is 106 cm³/mol. The summed E-state index contributed by atoms with van der Waals surface area (Å²) in [5.41, 5.74) is 0.364. The summed E-state index contributed by atoms with van der Waals surface area (Å²) in [4.78, 5) is 13.2. The Morgan fingerprint density at radius 2 is 2.11 bits per heavy atom. The van der Waals surface area contributed by atoms with Crippen molar-refractivity contribution in [3.05, 3.63) is 41.8 Å². The number of aromatic nitrogens is 3. The number of thiophene rings is 1. The number of nitrogens with zero attached hydrogens (tertiary/aromatic N) is 3. The number of nitrogens with one attached hydrogen (secondary N) is 1. The van der Waals surface area contributed by atoms with E-state index in [9.17, 15) is 13.2 Å². The Labute approximate surface area is 164 Å². The summed E-state index contributed by atoms with van der Waals surface area (Å²) in [5.74, 6) is 0.605. The monoisotopic (exact) mass is 423 g/mol. The Morgan fingerprint density at radius 3 is 2.78 bits per heavy atom. The van der Waals surface area contributed by atoms with Gasteiger partial charge in [-0.1, -0.05) is 23.9 Å². The van der Waals surface area contributed by atoms with Crippen molar-refractivity contribution in [1.82, 2.24) is 14.8 Å². The maximum Gasteiger partial charge on any atom is 0.238 e. The highest BCUT2D eigenvalue weighted by atomic mass is 32.2. The zero-order valence-corrected chi connectivity index (χ0v) is 16.8. The maximum absolute atomic E-state index is 12.2. The maximum atomic E-state index is 12.2.